The van der Waals surface area contributed by atoms with Crippen molar-refractivity contribution in [3.05, 3.63) is 65.9 Å². The SMILES string of the molecule is CCNC(=NCC1(c2ccccc2F)CC1)NCCc1nnc2ccccn12.I. The lowest BCUT2D eigenvalue weighted by molar-refractivity contribution is 0.572. The molecule has 0 radical (unpaired) electrons. The van der Waals surface area contributed by atoms with Crippen LogP contribution in [0.3, 0.4) is 0 Å². The number of pyridine rings is 1. The number of nitrogens with one attached hydrogen (secondary N) is 2. The van der Waals surface area contributed by atoms with Gasteiger partial charge in [0.2, 0.25) is 0 Å². The zero-order valence-electron chi connectivity index (χ0n) is 16.4. The van der Waals surface area contributed by atoms with E-state index in [0.29, 0.717) is 13.1 Å². The summed E-state index contributed by atoms with van der Waals surface area (Å²) in [5, 5.41) is 15.1. The first-order chi connectivity index (χ1) is 13.7. The second-order valence-corrected chi connectivity index (χ2v) is 7.18. The monoisotopic (exact) mass is 508 g/mol. The van der Waals surface area contributed by atoms with Crippen LogP contribution in [0, 0.1) is 5.82 Å². The number of rotatable bonds is 7. The highest BCUT2D eigenvalue weighted by atomic mass is 127. The molecule has 0 unspecified atom stereocenters. The van der Waals surface area contributed by atoms with Crippen molar-refractivity contribution in [2.24, 2.45) is 4.99 Å². The Hall–Kier alpha value is -2.23. The molecule has 2 heterocycles. The second kappa shape index (κ2) is 9.51. The molecule has 0 spiro atoms. The molecule has 2 N–H and O–H groups in total. The predicted octanol–water partition coefficient (Wildman–Crippen LogP) is 3.32. The third-order valence-electron chi connectivity index (χ3n) is 5.21. The highest BCUT2D eigenvalue weighted by molar-refractivity contribution is 14.0. The van der Waals surface area contributed by atoms with Crippen LogP contribution in [0.15, 0.2) is 53.7 Å². The molecule has 1 aliphatic rings. The Morgan fingerprint density at radius 1 is 1.14 bits per heavy atom. The van der Waals surface area contributed by atoms with Gasteiger partial charge in [-0.15, -0.1) is 34.2 Å². The molecule has 1 aromatic carbocycles. The van der Waals surface area contributed by atoms with Crippen LogP contribution < -0.4 is 10.6 Å². The van der Waals surface area contributed by atoms with E-state index in [9.17, 15) is 4.39 Å². The van der Waals surface area contributed by atoms with Crippen molar-refractivity contribution in [1.82, 2.24) is 25.2 Å². The first-order valence-corrected chi connectivity index (χ1v) is 9.78. The minimum Gasteiger partial charge on any atom is -0.357 e. The van der Waals surface area contributed by atoms with Crippen LogP contribution in [-0.2, 0) is 11.8 Å². The zero-order valence-corrected chi connectivity index (χ0v) is 18.8. The van der Waals surface area contributed by atoms with Gasteiger partial charge in [0.1, 0.15) is 11.6 Å². The summed E-state index contributed by atoms with van der Waals surface area (Å²) < 4.78 is 16.2. The molecule has 8 heteroatoms. The van der Waals surface area contributed by atoms with Gasteiger partial charge in [0.15, 0.2) is 11.6 Å². The lowest BCUT2D eigenvalue weighted by Gasteiger charge is -2.16. The number of guanidine groups is 1. The van der Waals surface area contributed by atoms with E-state index in [1.165, 1.54) is 6.07 Å². The summed E-state index contributed by atoms with van der Waals surface area (Å²) in [7, 11) is 0. The fraction of sp³-hybridized carbons (Fsp3) is 0.381. The van der Waals surface area contributed by atoms with Crippen LogP contribution in [0.4, 0.5) is 4.39 Å². The minimum atomic E-state index is -0.156. The van der Waals surface area contributed by atoms with Crippen molar-refractivity contribution < 1.29 is 4.39 Å². The zero-order chi connectivity index (χ0) is 19.4. The molecule has 1 fully saturated rings. The van der Waals surface area contributed by atoms with Gasteiger partial charge in [-0.3, -0.25) is 9.39 Å². The molecule has 0 atom stereocenters. The van der Waals surface area contributed by atoms with Crippen LogP contribution in [0.2, 0.25) is 0 Å². The van der Waals surface area contributed by atoms with Gasteiger partial charge in [-0.1, -0.05) is 24.3 Å². The van der Waals surface area contributed by atoms with Gasteiger partial charge in [-0.2, -0.15) is 0 Å². The number of halogens is 2. The number of aliphatic imine (C=N–C) groups is 1. The van der Waals surface area contributed by atoms with Crippen molar-refractivity contribution in [2.75, 3.05) is 19.6 Å². The Labute approximate surface area is 187 Å². The van der Waals surface area contributed by atoms with Crippen LogP contribution in [-0.4, -0.2) is 40.2 Å². The fourth-order valence-electron chi connectivity index (χ4n) is 3.48. The third-order valence-corrected chi connectivity index (χ3v) is 5.21. The molecule has 3 aromatic rings. The van der Waals surface area contributed by atoms with Crippen molar-refractivity contribution in [1.29, 1.82) is 0 Å². The summed E-state index contributed by atoms with van der Waals surface area (Å²) >= 11 is 0. The molecule has 154 valence electrons. The van der Waals surface area contributed by atoms with Gasteiger partial charge in [0, 0.05) is 31.1 Å². The van der Waals surface area contributed by atoms with Crippen molar-refractivity contribution in [2.45, 2.75) is 31.6 Å². The molecule has 2 aromatic heterocycles. The Kier molecular flexibility index (Phi) is 7.05. The molecule has 0 bridgehead atoms. The summed E-state index contributed by atoms with van der Waals surface area (Å²) in [6, 6.07) is 12.9. The summed E-state index contributed by atoms with van der Waals surface area (Å²) in [6.45, 7) is 4.07. The van der Waals surface area contributed by atoms with Crippen LogP contribution in [0.25, 0.3) is 5.65 Å². The average molecular weight is 508 g/mol. The van der Waals surface area contributed by atoms with Gasteiger partial charge in [-0.05, 0) is 43.5 Å². The van der Waals surface area contributed by atoms with E-state index < -0.39 is 0 Å². The topological polar surface area (TPSA) is 66.6 Å². The number of aromatic nitrogens is 3. The van der Waals surface area contributed by atoms with E-state index >= 15 is 0 Å². The molecule has 4 rings (SSSR count). The average Bonchev–Trinajstić information content (AvgIpc) is 3.39. The van der Waals surface area contributed by atoms with E-state index in [2.05, 4.69) is 20.8 Å². The van der Waals surface area contributed by atoms with Crippen LogP contribution in [0.1, 0.15) is 31.2 Å². The van der Waals surface area contributed by atoms with Crippen molar-refractivity contribution in [3.63, 3.8) is 0 Å². The smallest absolute Gasteiger partial charge is 0.191 e. The third kappa shape index (κ3) is 4.85. The minimum absolute atomic E-state index is 0. The van der Waals surface area contributed by atoms with Crippen LogP contribution in [0.5, 0.6) is 0 Å². The summed E-state index contributed by atoms with van der Waals surface area (Å²) in [5.74, 6) is 1.52. The molecule has 0 saturated heterocycles. The molecule has 0 amide bonds. The molecule has 0 aliphatic heterocycles. The van der Waals surface area contributed by atoms with Gasteiger partial charge >= 0.3 is 0 Å². The summed E-state index contributed by atoms with van der Waals surface area (Å²) in [4.78, 5) is 4.73. The highest BCUT2D eigenvalue weighted by Crippen LogP contribution is 2.49. The molecule has 1 aliphatic carbocycles. The van der Waals surface area contributed by atoms with E-state index in [1.807, 2.05) is 47.9 Å². The Balaban J connectivity index is 0.00000240. The summed E-state index contributed by atoms with van der Waals surface area (Å²) in [5.41, 5.74) is 1.47. The first-order valence-electron chi connectivity index (χ1n) is 9.78. The maximum absolute atomic E-state index is 14.2. The first kappa shape index (κ1) is 21.5. The standard InChI is InChI=1S/C21H25FN6.HI/c1-2-23-20(24-13-10-19-27-26-18-9-5-6-14-28(18)19)25-15-21(11-12-21)16-7-3-4-8-17(16)22;/h3-9,14H,2,10-13,15H2,1H3,(H2,23,24,25);1H. The number of fused-ring (bicyclic) bond motifs is 1. The van der Waals surface area contributed by atoms with E-state index in [4.69, 9.17) is 4.99 Å². The second-order valence-electron chi connectivity index (χ2n) is 7.18. The van der Waals surface area contributed by atoms with Gasteiger partial charge < -0.3 is 10.6 Å². The molecular weight excluding hydrogens is 482 g/mol. The van der Waals surface area contributed by atoms with E-state index in [-0.39, 0.29) is 35.2 Å². The highest BCUT2D eigenvalue weighted by Gasteiger charge is 2.45. The summed E-state index contributed by atoms with van der Waals surface area (Å²) in [6.07, 6.45) is 4.65. The fourth-order valence-corrected chi connectivity index (χ4v) is 3.48. The molecule has 6 nitrogen and oxygen atoms in total. The lowest BCUT2D eigenvalue weighted by atomic mass is 9.95. The Bertz CT molecular complexity index is 982. The molecule has 1 saturated carbocycles. The van der Waals surface area contributed by atoms with Gasteiger partial charge in [0.25, 0.3) is 0 Å². The van der Waals surface area contributed by atoms with Crippen molar-refractivity contribution in [3.8, 4) is 0 Å². The van der Waals surface area contributed by atoms with Crippen LogP contribution >= 0.6 is 24.0 Å². The maximum Gasteiger partial charge on any atom is 0.191 e. The normalized spacial score (nSPS) is 15.0. The number of benzene rings is 1. The predicted molar refractivity (Wildman–Crippen MR) is 123 cm³/mol. The quantitative estimate of drug-likeness (QED) is 0.292. The maximum atomic E-state index is 14.2. The number of hydrogen-bond acceptors (Lipinski definition) is 3. The van der Waals surface area contributed by atoms with Gasteiger partial charge in [-0.25, -0.2) is 4.39 Å². The molecule has 29 heavy (non-hydrogen) atoms. The lowest BCUT2D eigenvalue weighted by Crippen LogP contribution is -2.39. The Morgan fingerprint density at radius 2 is 1.93 bits per heavy atom. The molecular formula is C21H26FIN6. The number of hydrogen-bond donors (Lipinski definition) is 2. The number of nitrogens with zero attached hydrogens (tertiary/aromatic N) is 4. The van der Waals surface area contributed by atoms with Gasteiger partial charge in [0.05, 0.1) is 6.54 Å². The largest absolute Gasteiger partial charge is 0.357 e. The van der Waals surface area contributed by atoms with E-state index in [1.54, 1.807) is 6.07 Å². The Morgan fingerprint density at radius 3 is 2.69 bits per heavy atom. The van der Waals surface area contributed by atoms with E-state index in [0.717, 1.165) is 48.8 Å². The van der Waals surface area contributed by atoms with Crippen molar-refractivity contribution >= 4 is 35.6 Å².